The van der Waals surface area contributed by atoms with Crippen molar-refractivity contribution < 1.29 is 9.90 Å². The van der Waals surface area contributed by atoms with E-state index in [1.165, 1.54) is 4.40 Å². The maximum Gasteiger partial charge on any atom is 0.289 e. The summed E-state index contributed by atoms with van der Waals surface area (Å²) in [6.07, 6.45) is 2.86. The molecule has 7 nitrogen and oxygen atoms in total. The molecule has 0 spiro atoms. The van der Waals surface area contributed by atoms with Crippen molar-refractivity contribution in [3.63, 3.8) is 0 Å². The van der Waals surface area contributed by atoms with E-state index in [1.807, 2.05) is 0 Å². The number of nitrogens with zero attached hydrogens (tertiary/aromatic N) is 3. The van der Waals surface area contributed by atoms with Gasteiger partial charge in [-0.05, 0) is 48.2 Å². The molecule has 3 aromatic rings. The highest BCUT2D eigenvalue weighted by Crippen LogP contribution is 2.09. The number of amides is 1. The van der Waals surface area contributed by atoms with E-state index in [2.05, 4.69) is 15.5 Å². The molecule has 8 heteroatoms. The van der Waals surface area contributed by atoms with E-state index in [4.69, 9.17) is 16.7 Å². The largest absolute Gasteiger partial charge is 0.396 e. The third kappa shape index (κ3) is 4.07. The zero-order valence-corrected chi connectivity index (χ0v) is 14.6. The van der Waals surface area contributed by atoms with Crippen molar-refractivity contribution in [2.75, 3.05) is 6.61 Å². The fraction of sp³-hybridized carbons (Fsp3) is 0.222. The van der Waals surface area contributed by atoms with Crippen molar-refractivity contribution in [2.24, 2.45) is 0 Å². The van der Waals surface area contributed by atoms with Crippen molar-refractivity contribution in [3.8, 4) is 0 Å². The average molecular weight is 373 g/mol. The third-order valence-electron chi connectivity index (χ3n) is 3.88. The molecule has 0 unspecified atom stereocenters. The number of fused-ring (bicyclic) bond motifs is 1. The lowest BCUT2D eigenvalue weighted by molar-refractivity contribution is 0.0943. The van der Waals surface area contributed by atoms with Gasteiger partial charge in [0.25, 0.3) is 11.5 Å². The Labute approximate surface area is 154 Å². The Balaban J connectivity index is 1.78. The number of aryl methyl sites for hydroxylation is 1. The van der Waals surface area contributed by atoms with E-state index in [-0.39, 0.29) is 18.8 Å². The molecule has 0 aliphatic rings. The molecular formula is C18H17ClN4O3. The fourth-order valence-electron chi connectivity index (χ4n) is 2.49. The Bertz CT molecular complexity index is 986. The predicted octanol–water partition coefficient (Wildman–Crippen LogP) is 1.60. The second kappa shape index (κ2) is 8.07. The number of aromatic nitrogens is 3. The van der Waals surface area contributed by atoms with Crippen LogP contribution in [0, 0.1) is 0 Å². The molecule has 2 N–H and O–H groups in total. The summed E-state index contributed by atoms with van der Waals surface area (Å²) in [6.45, 7) is 0.344. The summed E-state index contributed by atoms with van der Waals surface area (Å²) in [5, 5.41) is 19.9. The number of halogens is 1. The van der Waals surface area contributed by atoms with Crippen LogP contribution in [0.15, 0.2) is 47.4 Å². The Kier molecular flexibility index (Phi) is 5.60. The molecule has 0 radical (unpaired) electrons. The predicted molar refractivity (Wildman–Crippen MR) is 97.3 cm³/mol. The summed E-state index contributed by atoms with van der Waals surface area (Å²) in [5.74, 6) is -0.587. The number of hydrogen-bond acceptors (Lipinski definition) is 5. The molecule has 1 amide bonds. The molecule has 1 aromatic carbocycles. The van der Waals surface area contributed by atoms with Gasteiger partial charge in [0, 0.05) is 24.4 Å². The number of pyridine rings is 1. The molecule has 0 saturated heterocycles. The van der Waals surface area contributed by atoms with Crippen molar-refractivity contribution in [1.82, 2.24) is 19.9 Å². The highest BCUT2D eigenvalue weighted by atomic mass is 35.5. The summed E-state index contributed by atoms with van der Waals surface area (Å²) in [7, 11) is 0. The lowest BCUT2D eigenvalue weighted by Crippen LogP contribution is -2.33. The lowest BCUT2D eigenvalue weighted by Gasteiger charge is -2.07. The van der Waals surface area contributed by atoms with Crippen molar-refractivity contribution in [3.05, 3.63) is 74.8 Å². The molecule has 0 saturated carbocycles. The Morgan fingerprint density at radius 1 is 1.15 bits per heavy atom. The normalized spacial score (nSPS) is 10.8. The molecule has 2 aromatic heterocycles. The number of aliphatic hydroxyl groups excluding tert-OH is 1. The van der Waals surface area contributed by atoms with Crippen LogP contribution in [0.25, 0.3) is 5.65 Å². The zero-order valence-electron chi connectivity index (χ0n) is 13.9. The molecule has 0 atom stereocenters. The number of nitrogens with one attached hydrogen (secondary N) is 1. The summed E-state index contributed by atoms with van der Waals surface area (Å²) in [5.41, 5.74) is 1.36. The molecule has 134 valence electrons. The lowest BCUT2D eigenvalue weighted by atomic mass is 10.1. The Morgan fingerprint density at radius 2 is 1.92 bits per heavy atom. The van der Waals surface area contributed by atoms with Crippen LogP contribution < -0.4 is 10.9 Å². The number of aliphatic hydroxyl groups is 1. The summed E-state index contributed by atoms with van der Waals surface area (Å²) < 4.78 is 1.28. The minimum atomic E-state index is -0.587. The summed E-state index contributed by atoms with van der Waals surface area (Å²) in [4.78, 5) is 24.8. The minimum Gasteiger partial charge on any atom is -0.396 e. The second-order valence-corrected chi connectivity index (χ2v) is 6.19. The van der Waals surface area contributed by atoms with Gasteiger partial charge in [-0.2, -0.15) is 0 Å². The highest BCUT2D eigenvalue weighted by Gasteiger charge is 2.15. The monoisotopic (exact) mass is 372 g/mol. The van der Waals surface area contributed by atoms with Gasteiger partial charge in [-0.1, -0.05) is 23.7 Å². The van der Waals surface area contributed by atoms with Crippen LogP contribution in [0.2, 0.25) is 5.02 Å². The zero-order chi connectivity index (χ0) is 18.5. The topological polar surface area (TPSA) is 96.6 Å². The van der Waals surface area contributed by atoms with Gasteiger partial charge >= 0.3 is 0 Å². The van der Waals surface area contributed by atoms with Gasteiger partial charge in [0.2, 0.25) is 5.69 Å². The summed E-state index contributed by atoms with van der Waals surface area (Å²) >= 11 is 5.82. The van der Waals surface area contributed by atoms with E-state index >= 15 is 0 Å². The van der Waals surface area contributed by atoms with Crippen LogP contribution in [0.5, 0.6) is 0 Å². The molecule has 2 heterocycles. The first-order valence-electron chi connectivity index (χ1n) is 8.10. The Hall–Kier alpha value is -2.77. The van der Waals surface area contributed by atoms with Crippen molar-refractivity contribution >= 4 is 23.2 Å². The Morgan fingerprint density at radius 3 is 2.65 bits per heavy atom. The van der Waals surface area contributed by atoms with Gasteiger partial charge in [0.15, 0.2) is 5.65 Å². The minimum absolute atomic E-state index is 0.0936. The van der Waals surface area contributed by atoms with Crippen molar-refractivity contribution in [2.45, 2.75) is 19.4 Å². The second-order valence-electron chi connectivity index (χ2n) is 5.75. The first-order chi connectivity index (χ1) is 12.6. The molecular weight excluding hydrogens is 356 g/mol. The van der Waals surface area contributed by atoms with E-state index < -0.39 is 11.5 Å². The third-order valence-corrected chi connectivity index (χ3v) is 4.13. The van der Waals surface area contributed by atoms with Gasteiger partial charge in [-0.3, -0.25) is 14.0 Å². The van der Waals surface area contributed by atoms with E-state index in [0.717, 1.165) is 11.1 Å². The van der Waals surface area contributed by atoms with E-state index in [1.54, 1.807) is 42.6 Å². The molecule has 26 heavy (non-hydrogen) atoms. The fourth-order valence-corrected chi connectivity index (χ4v) is 2.61. The van der Waals surface area contributed by atoms with Crippen molar-refractivity contribution in [1.29, 1.82) is 0 Å². The van der Waals surface area contributed by atoms with E-state index in [0.29, 0.717) is 23.5 Å². The first kappa shape index (κ1) is 18.0. The number of carbonyl (C=O) groups excluding carboxylic acids is 1. The van der Waals surface area contributed by atoms with Gasteiger partial charge in [-0.25, -0.2) is 0 Å². The quantitative estimate of drug-likeness (QED) is 0.685. The van der Waals surface area contributed by atoms with Gasteiger partial charge in [-0.15, -0.1) is 10.2 Å². The molecule has 0 bridgehead atoms. The average Bonchev–Trinajstić information content (AvgIpc) is 2.66. The van der Waals surface area contributed by atoms with Crippen LogP contribution in [0.1, 0.15) is 28.0 Å². The highest BCUT2D eigenvalue weighted by molar-refractivity contribution is 6.30. The first-order valence-corrected chi connectivity index (χ1v) is 8.48. The van der Waals surface area contributed by atoms with Crippen LogP contribution >= 0.6 is 11.6 Å². The van der Waals surface area contributed by atoms with Crippen LogP contribution in [0.3, 0.4) is 0 Å². The maximum atomic E-state index is 12.5. The van der Waals surface area contributed by atoms with Gasteiger partial charge < -0.3 is 10.4 Å². The number of carbonyl (C=O) groups is 1. The van der Waals surface area contributed by atoms with Crippen LogP contribution in [0.4, 0.5) is 0 Å². The maximum absolute atomic E-state index is 12.5. The van der Waals surface area contributed by atoms with Gasteiger partial charge in [0.05, 0.1) is 0 Å². The number of benzene rings is 1. The van der Waals surface area contributed by atoms with Gasteiger partial charge in [0.1, 0.15) is 0 Å². The van der Waals surface area contributed by atoms with Crippen LogP contribution in [-0.4, -0.2) is 32.2 Å². The van der Waals surface area contributed by atoms with E-state index in [9.17, 15) is 9.59 Å². The number of rotatable bonds is 6. The SMILES string of the molecule is O=C(NCc1ccc(Cl)cc1)c1nnc2cc(CCCO)ccn2c1=O. The molecule has 3 rings (SSSR count). The number of hydrogen-bond donors (Lipinski definition) is 2. The molecule has 0 fully saturated rings. The van der Waals surface area contributed by atoms with Crippen LogP contribution in [-0.2, 0) is 13.0 Å². The smallest absolute Gasteiger partial charge is 0.289 e. The summed E-state index contributed by atoms with van der Waals surface area (Å²) in [6, 6.07) is 10.5. The molecule has 0 aliphatic carbocycles. The standard InChI is InChI=1S/C18H17ClN4O3/c19-14-5-3-13(4-6-14)11-20-17(25)16-18(26)23-8-7-12(2-1-9-24)10-15(23)21-22-16/h3-8,10,24H,1-2,9,11H2,(H,20,25). The molecule has 0 aliphatic heterocycles.